The van der Waals surface area contributed by atoms with Gasteiger partial charge in [-0.3, -0.25) is 5.01 Å². The molecule has 1 saturated carbocycles. The molecule has 0 unspecified atom stereocenters. The maximum absolute atomic E-state index is 4.71. The van der Waals surface area contributed by atoms with E-state index in [2.05, 4.69) is 11.3 Å². The lowest BCUT2D eigenvalue weighted by atomic mass is 9.86. The summed E-state index contributed by atoms with van der Waals surface area (Å²) < 4.78 is 0. The van der Waals surface area contributed by atoms with E-state index < -0.39 is 0 Å². The van der Waals surface area contributed by atoms with Gasteiger partial charge in [-0.2, -0.15) is 5.10 Å². The monoisotopic (exact) mass is 196 g/mol. The summed E-state index contributed by atoms with van der Waals surface area (Å²) in [7, 11) is 0. The molecule has 3 aliphatic rings. The Labute approximate surface area is 83.8 Å². The minimum atomic E-state index is 0.498. The molecule has 0 bridgehead atoms. The first-order valence-electron chi connectivity index (χ1n) is 5.24. The summed E-state index contributed by atoms with van der Waals surface area (Å²) >= 11 is 1.84. The van der Waals surface area contributed by atoms with Crippen LogP contribution in [0.5, 0.6) is 0 Å². The molecule has 1 aliphatic carbocycles. The van der Waals surface area contributed by atoms with Crippen molar-refractivity contribution < 1.29 is 0 Å². The summed E-state index contributed by atoms with van der Waals surface area (Å²) in [5.74, 6) is 0.959. The van der Waals surface area contributed by atoms with Gasteiger partial charge < -0.3 is 0 Å². The summed E-state index contributed by atoms with van der Waals surface area (Å²) in [6.45, 7) is 1.22. The number of rotatable bonds is 0. The minimum Gasteiger partial charge on any atom is -0.289 e. The first-order valence-corrected chi connectivity index (χ1v) is 6.47. The predicted octanol–water partition coefficient (Wildman–Crippen LogP) is 2.31. The number of hydrazone groups is 1. The zero-order valence-corrected chi connectivity index (χ0v) is 8.94. The van der Waals surface area contributed by atoms with Crippen molar-refractivity contribution in [3.8, 4) is 0 Å². The second-order valence-electron chi connectivity index (χ2n) is 4.48. The highest BCUT2D eigenvalue weighted by atomic mass is 32.2. The van der Waals surface area contributed by atoms with E-state index >= 15 is 0 Å². The summed E-state index contributed by atoms with van der Waals surface area (Å²) in [6, 6.07) is 0. The van der Waals surface area contributed by atoms with Crippen molar-refractivity contribution in [3.05, 3.63) is 0 Å². The summed E-state index contributed by atoms with van der Waals surface area (Å²) in [6.07, 6.45) is 9.07. The fourth-order valence-corrected chi connectivity index (χ4v) is 3.97. The number of hydrogen-bond acceptors (Lipinski definition) is 3. The third-order valence-electron chi connectivity index (χ3n) is 4.05. The molecule has 2 heterocycles. The summed E-state index contributed by atoms with van der Waals surface area (Å²) in [5.41, 5.74) is 0.498. The average Bonchev–Trinajstić information content (AvgIpc) is 2.72. The Hall–Kier alpha value is -0.180. The molecule has 1 spiro atoms. The summed E-state index contributed by atoms with van der Waals surface area (Å²) in [4.78, 5) is 0. The SMILES string of the molecule is CSC1=NN2CC[C@H]3CCC[C@]32C1. The molecule has 13 heavy (non-hydrogen) atoms. The molecule has 0 amide bonds. The van der Waals surface area contributed by atoms with Crippen LogP contribution in [0.25, 0.3) is 0 Å². The van der Waals surface area contributed by atoms with Crippen LogP contribution in [-0.2, 0) is 0 Å². The third kappa shape index (κ3) is 0.940. The topological polar surface area (TPSA) is 15.6 Å². The van der Waals surface area contributed by atoms with E-state index in [-0.39, 0.29) is 0 Å². The Bertz CT molecular complexity index is 264. The Morgan fingerprint density at radius 3 is 3.31 bits per heavy atom. The lowest BCUT2D eigenvalue weighted by molar-refractivity contribution is 0.153. The van der Waals surface area contributed by atoms with Crippen molar-refractivity contribution >= 4 is 16.8 Å². The number of thioether (sulfide) groups is 1. The van der Waals surface area contributed by atoms with E-state index in [1.165, 1.54) is 43.7 Å². The van der Waals surface area contributed by atoms with Crippen LogP contribution in [-0.4, -0.2) is 28.4 Å². The van der Waals surface area contributed by atoms with Gasteiger partial charge in [-0.15, -0.1) is 11.8 Å². The molecule has 0 aromatic carbocycles. The highest BCUT2D eigenvalue weighted by Crippen LogP contribution is 2.52. The smallest absolute Gasteiger partial charge is 0.0955 e. The van der Waals surface area contributed by atoms with Gasteiger partial charge in [-0.1, -0.05) is 6.42 Å². The number of hydrogen-bond donors (Lipinski definition) is 0. The van der Waals surface area contributed by atoms with Crippen LogP contribution < -0.4 is 0 Å². The Kier molecular flexibility index (Phi) is 1.67. The van der Waals surface area contributed by atoms with Crippen molar-refractivity contribution in [3.63, 3.8) is 0 Å². The average molecular weight is 196 g/mol. The Balaban J connectivity index is 1.92. The normalized spacial score (nSPS) is 42.1. The van der Waals surface area contributed by atoms with Crippen molar-refractivity contribution in [1.82, 2.24) is 5.01 Å². The van der Waals surface area contributed by atoms with E-state index in [0.717, 1.165) is 5.92 Å². The van der Waals surface area contributed by atoms with Gasteiger partial charge >= 0.3 is 0 Å². The lowest BCUT2D eigenvalue weighted by Gasteiger charge is -2.30. The largest absolute Gasteiger partial charge is 0.289 e. The molecule has 3 rings (SSSR count). The fraction of sp³-hybridized carbons (Fsp3) is 0.900. The van der Waals surface area contributed by atoms with Crippen LogP contribution in [0.3, 0.4) is 0 Å². The van der Waals surface area contributed by atoms with Crippen LogP contribution >= 0.6 is 11.8 Å². The lowest BCUT2D eigenvalue weighted by Crippen LogP contribution is -2.38. The maximum atomic E-state index is 4.71. The summed E-state index contributed by atoms with van der Waals surface area (Å²) in [5, 5.41) is 8.50. The molecule has 0 aromatic rings. The van der Waals surface area contributed by atoms with Gasteiger partial charge in [0.25, 0.3) is 0 Å². The number of nitrogens with zero attached hydrogens (tertiary/aromatic N) is 2. The van der Waals surface area contributed by atoms with Gasteiger partial charge in [0.05, 0.1) is 10.6 Å². The Morgan fingerprint density at radius 1 is 1.54 bits per heavy atom. The molecule has 0 N–H and O–H groups in total. The highest BCUT2D eigenvalue weighted by molar-refractivity contribution is 8.13. The second-order valence-corrected chi connectivity index (χ2v) is 5.36. The highest BCUT2D eigenvalue weighted by Gasteiger charge is 2.54. The van der Waals surface area contributed by atoms with E-state index in [1.54, 1.807) is 0 Å². The molecule has 3 heteroatoms. The van der Waals surface area contributed by atoms with Crippen molar-refractivity contribution in [1.29, 1.82) is 0 Å². The molecule has 1 saturated heterocycles. The first kappa shape index (κ1) is 8.16. The van der Waals surface area contributed by atoms with Crippen LogP contribution in [0.1, 0.15) is 32.1 Å². The first-order chi connectivity index (χ1) is 6.35. The van der Waals surface area contributed by atoms with Crippen LogP contribution in [0.15, 0.2) is 5.10 Å². The minimum absolute atomic E-state index is 0.498. The molecule has 0 aromatic heterocycles. The third-order valence-corrected chi connectivity index (χ3v) is 4.75. The van der Waals surface area contributed by atoms with Gasteiger partial charge in [0.2, 0.25) is 0 Å². The van der Waals surface area contributed by atoms with Gasteiger partial charge in [0.1, 0.15) is 0 Å². The fourth-order valence-electron chi connectivity index (χ4n) is 3.40. The van der Waals surface area contributed by atoms with Crippen LogP contribution in [0, 0.1) is 5.92 Å². The van der Waals surface area contributed by atoms with Crippen LogP contribution in [0.2, 0.25) is 0 Å². The van der Waals surface area contributed by atoms with Crippen LogP contribution in [0.4, 0.5) is 0 Å². The molecule has 2 atom stereocenters. The molecule has 2 fully saturated rings. The van der Waals surface area contributed by atoms with Crippen molar-refractivity contribution in [2.24, 2.45) is 11.0 Å². The molecular weight excluding hydrogens is 180 g/mol. The quantitative estimate of drug-likeness (QED) is 0.591. The van der Waals surface area contributed by atoms with Gasteiger partial charge in [-0.25, -0.2) is 0 Å². The van der Waals surface area contributed by atoms with E-state index in [4.69, 9.17) is 5.10 Å². The Morgan fingerprint density at radius 2 is 2.46 bits per heavy atom. The van der Waals surface area contributed by atoms with Gasteiger partial charge in [0.15, 0.2) is 0 Å². The van der Waals surface area contributed by atoms with Gasteiger partial charge in [0, 0.05) is 13.0 Å². The van der Waals surface area contributed by atoms with E-state index in [1.807, 2.05) is 11.8 Å². The maximum Gasteiger partial charge on any atom is 0.0955 e. The van der Waals surface area contributed by atoms with E-state index in [9.17, 15) is 0 Å². The van der Waals surface area contributed by atoms with Crippen molar-refractivity contribution in [2.75, 3.05) is 12.8 Å². The van der Waals surface area contributed by atoms with E-state index in [0.29, 0.717) is 5.54 Å². The second kappa shape index (κ2) is 2.66. The van der Waals surface area contributed by atoms with Crippen molar-refractivity contribution in [2.45, 2.75) is 37.6 Å². The molecule has 2 nitrogen and oxygen atoms in total. The molecule has 2 aliphatic heterocycles. The predicted molar refractivity (Wildman–Crippen MR) is 57.0 cm³/mol. The molecule has 0 radical (unpaired) electrons. The zero-order valence-electron chi connectivity index (χ0n) is 8.12. The standard InChI is InChI=1S/C10H16N2S/c1-13-9-7-10-5-2-3-8(10)4-6-12(10)11-9/h8H,2-7H2,1H3/t8-,10+/m1/s1. The zero-order chi connectivity index (χ0) is 8.89. The molecule has 72 valence electrons. The van der Waals surface area contributed by atoms with Gasteiger partial charge in [-0.05, 0) is 31.4 Å². The molecular formula is C10H16N2S.